The fourth-order valence-electron chi connectivity index (χ4n) is 3.48. The Balaban J connectivity index is 1.77. The van der Waals surface area contributed by atoms with Crippen LogP contribution >= 0.6 is 0 Å². The van der Waals surface area contributed by atoms with E-state index in [1.807, 2.05) is 0 Å². The largest absolute Gasteiger partial charge is 0.487 e. The quantitative estimate of drug-likeness (QED) is 0.287. The van der Waals surface area contributed by atoms with E-state index in [0.29, 0.717) is 17.0 Å². The van der Waals surface area contributed by atoms with Gasteiger partial charge in [0.1, 0.15) is 36.2 Å². The molecule has 202 valence electrons. The molecule has 0 aliphatic carbocycles. The second kappa shape index (κ2) is 11.3. The lowest BCUT2D eigenvalue weighted by Gasteiger charge is -2.27. The molecule has 0 radical (unpaired) electrons. The summed E-state index contributed by atoms with van der Waals surface area (Å²) >= 11 is 0. The Morgan fingerprint density at radius 1 is 1.13 bits per heavy atom. The summed E-state index contributed by atoms with van der Waals surface area (Å²) in [5, 5.41) is 9.10. The molecule has 0 aliphatic heterocycles. The molecule has 0 bridgehead atoms. The molecular formula is C25H22F4N2O7. The molecule has 3 aromatic rings. The van der Waals surface area contributed by atoms with Crippen molar-refractivity contribution in [2.24, 2.45) is 0 Å². The first-order chi connectivity index (χ1) is 17.8. The van der Waals surface area contributed by atoms with Crippen molar-refractivity contribution in [2.45, 2.75) is 32.7 Å². The van der Waals surface area contributed by atoms with Gasteiger partial charge < -0.3 is 19.0 Å². The van der Waals surface area contributed by atoms with E-state index in [9.17, 15) is 31.9 Å². The summed E-state index contributed by atoms with van der Waals surface area (Å²) in [6.45, 7) is 2.23. The van der Waals surface area contributed by atoms with E-state index in [1.165, 1.54) is 25.1 Å². The number of hydrogen-bond donors (Lipinski definition) is 1. The number of methoxy groups -OCH3 is 1. The molecule has 0 unspecified atom stereocenters. The number of aryl methyl sites for hydroxylation is 1. The van der Waals surface area contributed by atoms with Crippen LogP contribution in [0.25, 0.3) is 11.5 Å². The van der Waals surface area contributed by atoms with Gasteiger partial charge in [-0.3, -0.25) is 14.5 Å². The topological polar surface area (TPSA) is 119 Å². The minimum absolute atomic E-state index is 0.0611. The first-order valence-electron chi connectivity index (χ1n) is 11.0. The number of rotatable bonds is 9. The molecule has 1 atom stereocenters. The minimum atomic E-state index is -4.99. The number of carbonyl (C=O) groups excluding carboxylic acids is 2. The Morgan fingerprint density at radius 2 is 1.79 bits per heavy atom. The van der Waals surface area contributed by atoms with Crippen LogP contribution in [0.4, 0.5) is 22.4 Å². The molecule has 0 spiro atoms. The number of ether oxygens (including phenoxy) is 2. The van der Waals surface area contributed by atoms with E-state index < -0.39 is 48.0 Å². The number of halogens is 4. The lowest BCUT2D eigenvalue weighted by atomic mass is 10.1. The third-order valence-electron chi connectivity index (χ3n) is 5.48. The number of aliphatic carboxylic acids is 1. The number of amides is 1. The summed E-state index contributed by atoms with van der Waals surface area (Å²) in [5.74, 6) is -3.49. The summed E-state index contributed by atoms with van der Waals surface area (Å²) in [6, 6.07) is 7.32. The Bertz CT molecular complexity index is 1340. The maximum absolute atomic E-state index is 14.3. The van der Waals surface area contributed by atoms with Crippen LogP contribution in [0, 0.1) is 12.7 Å². The summed E-state index contributed by atoms with van der Waals surface area (Å²) in [5.41, 5.74) is 0.355. The number of ketones is 1. The van der Waals surface area contributed by atoms with Gasteiger partial charge in [-0.05, 0) is 43.7 Å². The number of alkyl halides is 3. The van der Waals surface area contributed by atoms with Crippen molar-refractivity contribution in [3.05, 3.63) is 70.9 Å². The van der Waals surface area contributed by atoms with Gasteiger partial charge in [0.2, 0.25) is 5.89 Å². The van der Waals surface area contributed by atoms with E-state index in [-0.39, 0.29) is 23.8 Å². The second-order valence-electron chi connectivity index (χ2n) is 8.10. The second-order valence-corrected chi connectivity index (χ2v) is 8.10. The van der Waals surface area contributed by atoms with Gasteiger partial charge in [-0.2, -0.15) is 13.2 Å². The molecule has 9 nitrogen and oxygen atoms in total. The van der Waals surface area contributed by atoms with Crippen LogP contribution in [0.15, 0.2) is 46.9 Å². The zero-order chi connectivity index (χ0) is 28.2. The van der Waals surface area contributed by atoms with E-state index in [1.54, 1.807) is 6.92 Å². The van der Waals surface area contributed by atoms with Gasteiger partial charge >= 0.3 is 18.2 Å². The zero-order valence-electron chi connectivity index (χ0n) is 20.3. The standard InChI is InChI=1S/C25H22F4N2O7/c1-13(31(11-21(32)33)24(35)36-3)17-8-18(26)10-19(9-17)37-12-20-14(2)38-23(30-20)16-6-4-15(5-7-16)22(34)25(27,28)29/h4-10,13H,11-12H2,1-3H3,(H,32,33)/t13-/m0/s1. The Hall–Kier alpha value is -4.42. The van der Waals surface area contributed by atoms with Gasteiger partial charge in [0, 0.05) is 17.2 Å². The highest BCUT2D eigenvalue weighted by atomic mass is 19.4. The highest BCUT2D eigenvalue weighted by Gasteiger charge is 2.39. The number of hydrogen-bond acceptors (Lipinski definition) is 7. The fraction of sp³-hybridized carbons (Fsp3) is 0.280. The number of carboxylic acids is 1. The average molecular weight is 538 g/mol. The van der Waals surface area contributed by atoms with Crippen molar-refractivity contribution in [3.63, 3.8) is 0 Å². The van der Waals surface area contributed by atoms with Gasteiger partial charge in [0.25, 0.3) is 5.78 Å². The van der Waals surface area contributed by atoms with Crippen molar-refractivity contribution < 1.29 is 50.9 Å². The van der Waals surface area contributed by atoms with Gasteiger partial charge in [-0.15, -0.1) is 0 Å². The number of carbonyl (C=O) groups is 3. The third kappa shape index (κ3) is 6.66. The van der Waals surface area contributed by atoms with Crippen LogP contribution in [0.2, 0.25) is 0 Å². The molecule has 1 aromatic heterocycles. The van der Waals surface area contributed by atoms with Crippen LogP contribution in [0.5, 0.6) is 5.75 Å². The predicted octanol–water partition coefficient (Wildman–Crippen LogP) is 5.33. The van der Waals surface area contributed by atoms with Crippen LogP contribution in [0.1, 0.15) is 40.3 Å². The van der Waals surface area contributed by atoms with Crippen molar-refractivity contribution in [1.82, 2.24) is 9.88 Å². The highest BCUT2D eigenvalue weighted by Crippen LogP contribution is 2.29. The zero-order valence-corrected chi connectivity index (χ0v) is 20.3. The Labute approximate surface area is 213 Å². The molecule has 38 heavy (non-hydrogen) atoms. The molecule has 2 aromatic carbocycles. The van der Waals surface area contributed by atoms with E-state index >= 15 is 0 Å². The van der Waals surface area contributed by atoms with Crippen LogP contribution in [-0.4, -0.2) is 52.7 Å². The summed E-state index contributed by atoms with van der Waals surface area (Å²) in [4.78, 5) is 39.7. The predicted molar refractivity (Wildman–Crippen MR) is 123 cm³/mol. The number of oxazole rings is 1. The van der Waals surface area contributed by atoms with E-state index in [4.69, 9.17) is 14.3 Å². The molecule has 1 amide bonds. The highest BCUT2D eigenvalue weighted by molar-refractivity contribution is 6.00. The van der Waals surface area contributed by atoms with Crippen LogP contribution in [-0.2, 0) is 16.1 Å². The van der Waals surface area contributed by atoms with Gasteiger partial charge in [-0.1, -0.05) is 12.1 Å². The number of nitrogens with zero attached hydrogens (tertiary/aromatic N) is 2. The Morgan fingerprint density at radius 3 is 2.37 bits per heavy atom. The number of carboxylic acid groups (broad SMARTS) is 1. The lowest BCUT2D eigenvalue weighted by Crippen LogP contribution is -2.37. The number of aromatic nitrogens is 1. The van der Waals surface area contributed by atoms with E-state index in [2.05, 4.69) is 9.72 Å². The monoisotopic (exact) mass is 538 g/mol. The van der Waals surface area contributed by atoms with Crippen LogP contribution in [0.3, 0.4) is 0 Å². The maximum atomic E-state index is 14.3. The first kappa shape index (κ1) is 28.2. The molecule has 1 heterocycles. The molecule has 0 fully saturated rings. The van der Waals surface area contributed by atoms with E-state index in [0.717, 1.165) is 36.3 Å². The summed E-state index contributed by atoms with van der Waals surface area (Å²) in [7, 11) is 1.09. The fourth-order valence-corrected chi connectivity index (χ4v) is 3.48. The summed E-state index contributed by atoms with van der Waals surface area (Å²) < 4.78 is 68.0. The normalized spacial score (nSPS) is 12.1. The minimum Gasteiger partial charge on any atom is -0.487 e. The maximum Gasteiger partial charge on any atom is 0.454 e. The summed E-state index contributed by atoms with van der Waals surface area (Å²) in [6.07, 6.45) is -5.90. The molecular weight excluding hydrogens is 516 g/mol. The average Bonchev–Trinajstić information content (AvgIpc) is 3.24. The number of Topliss-reactive ketones (excluding diaryl/α,β-unsaturated/α-hetero) is 1. The molecule has 0 saturated heterocycles. The SMILES string of the molecule is COC(=O)N(CC(=O)O)[C@@H](C)c1cc(F)cc(OCc2nc(-c3ccc(C(=O)C(F)(F)F)cc3)oc2C)c1. The lowest BCUT2D eigenvalue weighted by molar-refractivity contribution is -0.138. The first-order valence-corrected chi connectivity index (χ1v) is 11.0. The molecule has 1 N–H and O–H groups in total. The molecule has 3 rings (SSSR count). The third-order valence-corrected chi connectivity index (χ3v) is 5.48. The van der Waals surface area contributed by atoms with Crippen molar-refractivity contribution in [3.8, 4) is 17.2 Å². The van der Waals surface area contributed by atoms with Gasteiger partial charge in [-0.25, -0.2) is 14.2 Å². The molecule has 13 heteroatoms. The van der Waals surface area contributed by atoms with Crippen molar-refractivity contribution in [1.29, 1.82) is 0 Å². The van der Waals surface area contributed by atoms with Crippen LogP contribution < -0.4 is 4.74 Å². The smallest absolute Gasteiger partial charge is 0.454 e. The van der Waals surface area contributed by atoms with Crippen molar-refractivity contribution in [2.75, 3.05) is 13.7 Å². The number of benzene rings is 2. The Kier molecular flexibility index (Phi) is 8.39. The molecule has 0 saturated carbocycles. The van der Waals surface area contributed by atoms with Gasteiger partial charge in [0.05, 0.1) is 13.2 Å². The van der Waals surface area contributed by atoms with Gasteiger partial charge in [0.15, 0.2) is 0 Å². The molecule has 0 aliphatic rings. The van der Waals surface area contributed by atoms with Crippen molar-refractivity contribution >= 4 is 17.8 Å².